The van der Waals surface area contributed by atoms with Gasteiger partial charge in [0, 0.05) is 6.20 Å². The standard InChI is InChI=1S/C11H13NO6/c1-18-9(14)5-8(13)10(15)7-4-6(11(16)17)2-3-12-7/h2-4,8,10,13,15H,5H2,1H3,(H,16,17). The summed E-state index contributed by atoms with van der Waals surface area (Å²) >= 11 is 0. The summed E-state index contributed by atoms with van der Waals surface area (Å²) in [4.78, 5) is 25.4. The van der Waals surface area contributed by atoms with Crippen molar-refractivity contribution >= 4 is 11.9 Å². The molecular formula is C11H13NO6. The van der Waals surface area contributed by atoms with Gasteiger partial charge >= 0.3 is 11.9 Å². The second kappa shape index (κ2) is 6.08. The Morgan fingerprint density at radius 3 is 2.67 bits per heavy atom. The van der Waals surface area contributed by atoms with E-state index in [0.717, 1.165) is 13.2 Å². The fraction of sp³-hybridized carbons (Fsp3) is 0.364. The van der Waals surface area contributed by atoms with Crippen molar-refractivity contribution in [2.24, 2.45) is 0 Å². The van der Waals surface area contributed by atoms with Crippen LogP contribution in [0.4, 0.5) is 0 Å². The van der Waals surface area contributed by atoms with E-state index in [2.05, 4.69) is 9.72 Å². The topological polar surface area (TPSA) is 117 Å². The van der Waals surface area contributed by atoms with Crippen molar-refractivity contribution in [2.45, 2.75) is 18.6 Å². The number of carboxylic acids is 1. The smallest absolute Gasteiger partial charge is 0.335 e. The van der Waals surface area contributed by atoms with Crippen LogP contribution in [-0.4, -0.2) is 45.5 Å². The zero-order chi connectivity index (χ0) is 13.7. The summed E-state index contributed by atoms with van der Waals surface area (Å²) < 4.78 is 4.34. The molecule has 0 radical (unpaired) electrons. The minimum atomic E-state index is -1.46. The predicted octanol–water partition coefficient (Wildman–Crippen LogP) is -0.263. The van der Waals surface area contributed by atoms with E-state index in [1.807, 2.05) is 0 Å². The lowest BCUT2D eigenvalue weighted by Gasteiger charge is -2.16. The molecule has 0 aliphatic carbocycles. The molecule has 98 valence electrons. The average Bonchev–Trinajstić information content (AvgIpc) is 2.37. The lowest BCUT2D eigenvalue weighted by atomic mass is 10.1. The van der Waals surface area contributed by atoms with Crippen LogP contribution in [0.25, 0.3) is 0 Å². The van der Waals surface area contributed by atoms with Gasteiger partial charge in [-0.25, -0.2) is 4.79 Å². The van der Waals surface area contributed by atoms with Crippen molar-refractivity contribution in [2.75, 3.05) is 7.11 Å². The quantitative estimate of drug-likeness (QED) is 0.620. The highest BCUT2D eigenvalue weighted by Crippen LogP contribution is 2.18. The Morgan fingerprint density at radius 2 is 2.11 bits per heavy atom. The molecule has 0 aliphatic heterocycles. The molecule has 0 saturated carbocycles. The summed E-state index contributed by atoms with van der Waals surface area (Å²) in [6, 6.07) is 2.39. The van der Waals surface area contributed by atoms with Gasteiger partial charge in [-0.05, 0) is 12.1 Å². The molecule has 2 unspecified atom stereocenters. The van der Waals surface area contributed by atoms with Gasteiger partial charge in [-0.3, -0.25) is 9.78 Å². The van der Waals surface area contributed by atoms with Crippen LogP contribution in [0.5, 0.6) is 0 Å². The van der Waals surface area contributed by atoms with Crippen molar-refractivity contribution in [1.29, 1.82) is 0 Å². The zero-order valence-electron chi connectivity index (χ0n) is 9.61. The molecule has 0 aromatic carbocycles. The van der Waals surface area contributed by atoms with E-state index in [0.29, 0.717) is 0 Å². The molecule has 0 saturated heterocycles. The highest BCUT2D eigenvalue weighted by atomic mass is 16.5. The summed E-state index contributed by atoms with van der Waals surface area (Å²) in [6.07, 6.45) is -2.07. The number of methoxy groups -OCH3 is 1. The molecule has 0 fully saturated rings. The second-order valence-electron chi connectivity index (χ2n) is 3.57. The third kappa shape index (κ3) is 3.51. The summed E-state index contributed by atoms with van der Waals surface area (Å²) in [7, 11) is 1.16. The van der Waals surface area contributed by atoms with E-state index in [1.165, 1.54) is 12.3 Å². The Kier molecular flexibility index (Phi) is 4.75. The van der Waals surface area contributed by atoms with Crippen LogP contribution in [0.1, 0.15) is 28.6 Å². The van der Waals surface area contributed by atoms with Crippen LogP contribution < -0.4 is 0 Å². The normalized spacial score (nSPS) is 13.7. The van der Waals surface area contributed by atoms with E-state index < -0.39 is 30.6 Å². The molecule has 1 heterocycles. The molecule has 1 aromatic heterocycles. The van der Waals surface area contributed by atoms with E-state index >= 15 is 0 Å². The Labute approximate surface area is 103 Å². The number of ether oxygens (including phenoxy) is 1. The van der Waals surface area contributed by atoms with Gasteiger partial charge in [-0.15, -0.1) is 0 Å². The fourth-order valence-corrected chi connectivity index (χ4v) is 1.31. The maximum absolute atomic E-state index is 10.9. The number of pyridine rings is 1. The molecular weight excluding hydrogens is 242 g/mol. The minimum absolute atomic E-state index is 0.0219. The highest BCUT2D eigenvalue weighted by Gasteiger charge is 2.23. The molecule has 0 spiro atoms. The SMILES string of the molecule is COC(=O)CC(O)C(O)c1cc(C(=O)O)ccn1. The lowest BCUT2D eigenvalue weighted by Crippen LogP contribution is -2.23. The lowest BCUT2D eigenvalue weighted by molar-refractivity contribution is -0.144. The first kappa shape index (κ1) is 14.1. The fourth-order valence-electron chi connectivity index (χ4n) is 1.31. The number of aliphatic hydroxyl groups excluding tert-OH is 2. The van der Waals surface area contributed by atoms with Crippen LogP contribution >= 0.6 is 0 Å². The predicted molar refractivity (Wildman–Crippen MR) is 58.8 cm³/mol. The summed E-state index contributed by atoms with van der Waals surface area (Å²) in [6.45, 7) is 0. The van der Waals surface area contributed by atoms with Gasteiger partial charge < -0.3 is 20.1 Å². The van der Waals surface area contributed by atoms with Gasteiger partial charge in [0.2, 0.25) is 0 Å². The van der Waals surface area contributed by atoms with Crippen molar-refractivity contribution in [3.8, 4) is 0 Å². The van der Waals surface area contributed by atoms with Crippen molar-refractivity contribution in [1.82, 2.24) is 4.98 Å². The Morgan fingerprint density at radius 1 is 1.44 bits per heavy atom. The monoisotopic (exact) mass is 255 g/mol. The number of aromatic nitrogens is 1. The second-order valence-corrected chi connectivity index (χ2v) is 3.57. The van der Waals surface area contributed by atoms with Crippen molar-refractivity contribution < 1.29 is 29.6 Å². The van der Waals surface area contributed by atoms with Crippen molar-refractivity contribution in [3.05, 3.63) is 29.6 Å². The molecule has 0 amide bonds. The number of aromatic carboxylic acids is 1. The van der Waals surface area contributed by atoms with Crippen LogP contribution in [0, 0.1) is 0 Å². The molecule has 3 N–H and O–H groups in total. The van der Waals surface area contributed by atoms with Crippen molar-refractivity contribution in [3.63, 3.8) is 0 Å². The molecule has 7 heteroatoms. The number of hydrogen-bond donors (Lipinski definition) is 3. The zero-order valence-corrected chi connectivity index (χ0v) is 9.61. The van der Waals surface area contributed by atoms with Gasteiger partial charge in [-0.2, -0.15) is 0 Å². The molecule has 1 rings (SSSR count). The van der Waals surface area contributed by atoms with Crippen LogP contribution in [-0.2, 0) is 9.53 Å². The van der Waals surface area contributed by atoms with Gasteiger partial charge in [-0.1, -0.05) is 0 Å². The summed E-state index contributed by atoms with van der Waals surface area (Å²) in [5.41, 5.74) is -0.0874. The molecule has 2 atom stereocenters. The Balaban J connectivity index is 2.82. The molecule has 0 aliphatic rings. The van der Waals surface area contributed by atoms with E-state index in [1.54, 1.807) is 0 Å². The van der Waals surface area contributed by atoms with E-state index in [-0.39, 0.29) is 11.3 Å². The molecule has 1 aromatic rings. The largest absolute Gasteiger partial charge is 0.478 e. The highest BCUT2D eigenvalue weighted by molar-refractivity contribution is 5.87. The summed E-state index contributed by atoms with van der Waals surface area (Å²) in [5, 5.41) is 28.1. The Hall–Kier alpha value is -1.99. The number of carbonyl (C=O) groups is 2. The van der Waals surface area contributed by atoms with Gasteiger partial charge in [0.05, 0.1) is 30.9 Å². The maximum Gasteiger partial charge on any atom is 0.335 e. The number of carbonyl (C=O) groups excluding carboxylic acids is 1. The van der Waals surface area contributed by atoms with Gasteiger partial charge in [0.1, 0.15) is 6.10 Å². The number of hydrogen-bond acceptors (Lipinski definition) is 6. The van der Waals surface area contributed by atoms with Crippen LogP contribution in [0.3, 0.4) is 0 Å². The molecule has 7 nitrogen and oxygen atoms in total. The maximum atomic E-state index is 10.9. The first-order valence-corrected chi connectivity index (χ1v) is 5.08. The first-order chi connectivity index (χ1) is 8.45. The average molecular weight is 255 g/mol. The van der Waals surface area contributed by atoms with Crippen LogP contribution in [0.15, 0.2) is 18.3 Å². The van der Waals surface area contributed by atoms with E-state index in [9.17, 15) is 19.8 Å². The first-order valence-electron chi connectivity index (χ1n) is 5.08. The number of carboxylic acid groups (broad SMARTS) is 1. The third-order valence-corrected chi connectivity index (χ3v) is 2.30. The molecule has 0 bridgehead atoms. The van der Waals surface area contributed by atoms with Crippen LogP contribution in [0.2, 0.25) is 0 Å². The minimum Gasteiger partial charge on any atom is -0.478 e. The number of esters is 1. The summed E-state index contributed by atoms with van der Waals surface area (Å²) in [5.74, 6) is -1.86. The number of rotatable bonds is 5. The van der Waals surface area contributed by atoms with Gasteiger partial charge in [0.15, 0.2) is 0 Å². The number of aliphatic hydroxyl groups is 2. The third-order valence-electron chi connectivity index (χ3n) is 2.30. The van der Waals surface area contributed by atoms with E-state index in [4.69, 9.17) is 5.11 Å². The Bertz CT molecular complexity index is 447. The molecule has 18 heavy (non-hydrogen) atoms. The number of nitrogens with zero attached hydrogens (tertiary/aromatic N) is 1. The van der Waals surface area contributed by atoms with Gasteiger partial charge in [0.25, 0.3) is 0 Å².